The Bertz CT molecular complexity index is 1020. The summed E-state index contributed by atoms with van der Waals surface area (Å²) < 4.78 is 0. The maximum Gasteiger partial charge on any atom is 0.113 e. The zero-order valence-electron chi connectivity index (χ0n) is 17.0. The van der Waals surface area contributed by atoms with Crippen LogP contribution in [0.25, 0.3) is 11.1 Å². The minimum atomic E-state index is 0.339. The second-order valence-corrected chi connectivity index (χ2v) is 8.28. The lowest BCUT2D eigenvalue weighted by atomic mass is 10.1. The Hall–Kier alpha value is -2.64. The first-order valence-electron chi connectivity index (χ1n) is 10.4. The number of hydrogen-bond acceptors (Lipinski definition) is 3. The van der Waals surface area contributed by atoms with E-state index in [0.717, 1.165) is 60.7 Å². The second kappa shape index (κ2) is 9.91. The summed E-state index contributed by atoms with van der Waals surface area (Å²) in [6, 6.07) is 21.0. The summed E-state index contributed by atoms with van der Waals surface area (Å²) in [6.07, 6.45) is 4.74. The molecule has 1 aliphatic heterocycles. The molecule has 1 saturated heterocycles. The van der Waals surface area contributed by atoms with E-state index < -0.39 is 0 Å². The summed E-state index contributed by atoms with van der Waals surface area (Å²) in [5.74, 6) is 6.41. The van der Waals surface area contributed by atoms with E-state index in [1.807, 2.05) is 42.6 Å². The lowest BCUT2D eigenvalue weighted by molar-refractivity contribution is 0.327. The van der Waals surface area contributed by atoms with Crippen LogP contribution in [0.1, 0.15) is 29.7 Å². The highest BCUT2D eigenvalue weighted by molar-refractivity contribution is 6.30. The highest BCUT2D eigenvalue weighted by atomic mass is 35.5. The molecule has 2 N–H and O–H groups in total. The Labute approximate surface area is 183 Å². The smallest absolute Gasteiger partial charge is 0.113 e. The number of benzene rings is 2. The zero-order valence-corrected chi connectivity index (χ0v) is 17.8. The maximum atomic E-state index is 5.99. The van der Waals surface area contributed by atoms with Crippen molar-refractivity contribution in [1.82, 2.24) is 9.88 Å². The molecule has 1 fully saturated rings. The number of nitrogens with zero attached hydrogens (tertiary/aromatic N) is 2. The van der Waals surface area contributed by atoms with Crippen LogP contribution < -0.4 is 5.73 Å². The average molecular weight is 416 g/mol. The zero-order chi connectivity index (χ0) is 20.8. The lowest BCUT2D eigenvalue weighted by Crippen LogP contribution is -2.26. The molecule has 4 heteroatoms. The van der Waals surface area contributed by atoms with Gasteiger partial charge in [-0.2, -0.15) is 0 Å². The average Bonchev–Trinajstić information content (AvgIpc) is 3.18. The molecule has 0 radical (unpaired) electrons. The van der Waals surface area contributed by atoms with Gasteiger partial charge in [0, 0.05) is 48.9 Å². The van der Waals surface area contributed by atoms with Crippen LogP contribution in [0.5, 0.6) is 0 Å². The Morgan fingerprint density at radius 3 is 2.37 bits per heavy atom. The standard InChI is InChI=1S/C26H26ClN3/c27-24-12-9-22(10-13-24)23-11-14-26(29-17-23)4-2-1-3-20-5-7-21(8-6-20)18-30-16-15-25(28)19-30/h5-14,17,25H,1,3,15-16,18-19,28H2. The second-order valence-electron chi connectivity index (χ2n) is 7.84. The van der Waals surface area contributed by atoms with Crippen LogP contribution in [-0.4, -0.2) is 29.0 Å². The van der Waals surface area contributed by atoms with Crippen LogP contribution in [0.2, 0.25) is 5.02 Å². The number of nitrogens with two attached hydrogens (primary N) is 1. The number of likely N-dealkylation sites (tertiary alicyclic amines) is 1. The number of aryl methyl sites for hydroxylation is 1. The summed E-state index contributed by atoms with van der Waals surface area (Å²) in [7, 11) is 0. The third-order valence-electron chi connectivity index (χ3n) is 5.43. The maximum absolute atomic E-state index is 5.99. The Balaban J connectivity index is 1.27. The molecule has 3 nitrogen and oxygen atoms in total. The summed E-state index contributed by atoms with van der Waals surface area (Å²) >= 11 is 5.95. The van der Waals surface area contributed by atoms with Crippen molar-refractivity contribution in [2.75, 3.05) is 13.1 Å². The van der Waals surface area contributed by atoms with Gasteiger partial charge in [-0.1, -0.05) is 60.0 Å². The van der Waals surface area contributed by atoms with E-state index in [-0.39, 0.29) is 0 Å². The van der Waals surface area contributed by atoms with Crippen LogP contribution in [0.4, 0.5) is 0 Å². The van der Waals surface area contributed by atoms with E-state index in [2.05, 4.69) is 46.0 Å². The quantitative estimate of drug-likeness (QED) is 0.601. The molecule has 0 spiro atoms. The molecule has 0 aliphatic carbocycles. The highest BCUT2D eigenvalue weighted by Crippen LogP contribution is 2.20. The topological polar surface area (TPSA) is 42.1 Å². The number of rotatable bonds is 5. The summed E-state index contributed by atoms with van der Waals surface area (Å²) in [6.45, 7) is 3.10. The van der Waals surface area contributed by atoms with E-state index in [0.29, 0.717) is 6.04 Å². The van der Waals surface area contributed by atoms with Gasteiger partial charge in [-0.05, 0) is 53.7 Å². The van der Waals surface area contributed by atoms with Crippen LogP contribution in [0.3, 0.4) is 0 Å². The third kappa shape index (κ3) is 5.70. The predicted molar refractivity (Wildman–Crippen MR) is 124 cm³/mol. The monoisotopic (exact) mass is 415 g/mol. The Kier molecular flexibility index (Phi) is 6.81. The highest BCUT2D eigenvalue weighted by Gasteiger charge is 2.18. The normalized spacial score (nSPS) is 16.3. The first-order valence-corrected chi connectivity index (χ1v) is 10.8. The van der Waals surface area contributed by atoms with Gasteiger partial charge in [0.05, 0.1) is 0 Å². The fourth-order valence-electron chi connectivity index (χ4n) is 3.72. The van der Waals surface area contributed by atoms with E-state index in [1.165, 1.54) is 11.1 Å². The van der Waals surface area contributed by atoms with Gasteiger partial charge in [0.25, 0.3) is 0 Å². The molecule has 152 valence electrons. The number of hydrogen-bond donors (Lipinski definition) is 1. The molecule has 0 bridgehead atoms. The van der Waals surface area contributed by atoms with Gasteiger partial charge < -0.3 is 5.73 Å². The van der Waals surface area contributed by atoms with Crippen molar-refractivity contribution >= 4 is 11.6 Å². The van der Waals surface area contributed by atoms with E-state index in [4.69, 9.17) is 17.3 Å². The molecule has 0 amide bonds. The van der Waals surface area contributed by atoms with Crippen LogP contribution in [0, 0.1) is 11.8 Å². The van der Waals surface area contributed by atoms with Gasteiger partial charge in [-0.3, -0.25) is 4.90 Å². The minimum absolute atomic E-state index is 0.339. The van der Waals surface area contributed by atoms with Crippen molar-refractivity contribution in [3.05, 3.63) is 88.7 Å². The number of halogens is 1. The Morgan fingerprint density at radius 2 is 1.70 bits per heavy atom. The first-order chi connectivity index (χ1) is 14.7. The largest absolute Gasteiger partial charge is 0.326 e. The fourth-order valence-corrected chi connectivity index (χ4v) is 3.84. The van der Waals surface area contributed by atoms with Gasteiger partial charge in [0.15, 0.2) is 0 Å². The van der Waals surface area contributed by atoms with Gasteiger partial charge in [0.2, 0.25) is 0 Å². The lowest BCUT2D eigenvalue weighted by Gasteiger charge is -2.15. The molecule has 0 saturated carbocycles. The van der Waals surface area contributed by atoms with Gasteiger partial charge in [-0.15, -0.1) is 0 Å². The van der Waals surface area contributed by atoms with Crippen LogP contribution in [-0.2, 0) is 13.0 Å². The molecule has 2 aromatic carbocycles. The predicted octanol–water partition coefficient (Wildman–Crippen LogP) is 4.92. The molecule has 1 unspecified atom stereocenters. The molecule has 4 rings (SSSR count). The molecule has 2 heterocycles. The SMILES string of the molecule is NC1CCN(Cc2ccc(CCC#Cc3ccc(-c4ccc(Cl)cc4)cn3)cc2)C1. The molecule has 1 aliphatic rings. The number of aromatic nitrogens is 1. The van der Waals surface area contributed by atoms with Gasteiger partial charge >= 0.3 is 0 Å². The summed E-state index contributed by atoms with van der Waals surface area (Å²) in [5.41, 5.74) is 11.6. The summed E-state index contributed by atoms with van der Waals surface area (Å²) in [4.78, 5) is 6.89. The molecular weight excluding hydrogens is 390 g/mol. The van der Waals surface area contributed by atoms with E-state index >= 15 is 0 Å². The van der Waals surface area contributed by atoms with Crippen molar-refractivity contribution in [3.63, 3.8) is 0 Å². The number of pyridine rings is 1. The Morgan fingerprint density at radius 1 is 0.967 bits per heavy atom. The van der Waals surface area contributed by atoms with E-state index in [1.54, 1.807) is 0 Å². The van der Waals surface area contributed by atoms with Crippen LogP contribution in [0.15, 0.2) is 66.9 Å². The van der Waals surface area contributed by atoms with E-state index in [9.17, 15) is 0 Å². The third-order valence-corrected chi connectivity index (χ3v) is 5.69. The van der Waals surface area contributed by atoms with Crippen molar-refractivity contribution < 1.29 is 0 Å². The van der Waals surface area contributed by atoms with Gasteiger partial charge in [0.1, 0.15) is 5.69 Å². The van der Waals surface area contributed by atoms with Gasteiger partial charge in [-0.25, -0.2) is 4.98 Å². The molecular formula is C26H26ClN3. The fraction of sp³-hybridized carbons (Fsp3) is 0.269. The van der Waals surface area contributed by atoms with Crippen molar-refractivity contribution in [2.45, 2.75) is 31.8 Å². The van der Waals surface area contributed by atoms with Crippen molar-refractivity contribution in [3.8, 4) is 23.0 Å². The molecule has 1 aromatic heterocycles. The molecule has 3 aromatic rings. The molecule has 30 heavy (non-hydrogen) atoms. The minimum Gasteiger partial charge on any atom is -0.326 e. The van der Waals surface area contributed by atoms with Crippen molar-refractivity contribution in [1.29, 1.82) is 0 Å². The van der Waals surface area contributed by atoms with Crippen molar-refractivity contribution in [2.24, 2.45) is 5.73 Å². The summed E-state index contributed by atoms with van der Waals surface area (Å²) in [5, 5.41) is 0.736. The first kappa shape index (κ1) is 20.6. The van der Waals surface area contributed by atoms with Crippen LogP contribution >= 0.6 is 11.6 Å². The molecule has 1 atom stereocenters.